The molecule has 3 aromatic heterocycles. The average Bonchev–Trinajstić information content (AvgIpc) is 2.73. The second kappa shape index (κ2) is 10.4. The van der Waals surface area contributed by atoms with Crippen molar-refractivity contribution in [3.8, 4) is 11.4 Å². The lowest BCUT2D eigenvalue weighted by Gasteiger charge is -2.19. The van der Waals surface area contributed by atoms with Gasteiger partial charge in [0, 0.05) is 18.6 Å². The van der Waals surface area contributed by atoms with Gasteiger partial charge in [-0.2, -0.15) is 13.2 Å². The number of nitrogens with one attached hydrogen (secondary N) is 1. The lowest BCUT2D eigenvalue weighted by atomic mass is 10.1. The summed E-state index contributed by atoms with van der Waals surface area (Å²) in [6.07, 6.45) is 2.39. The van der Waals surface area contributed by atoms with Crippen molar-refractivity contribution in [2.45, 2.75) is 32.5 Å². The zero-order valence-corrected chi connectivity index (χ0v) is 17.8. The highest BCUT2D eigenvalue weighted by Crippen LogP contribution is 2.34. The second-order valence-corrected chi connectivity index (χ2v) is 7.27. The number of hydrogen-bond acceptors (Lipinski definition) is 8. The number of nitrogens with zero attached hydrogens (tertiary/aromatic N) is 5. The molecule has 0 aliphatic carbocycles. The SMILES string of the molecule is CC(C)(C)OC(=O)Nc1cnc(-c2ncccc2C(F)(F)F)cn1.NC(=O)c1cnccn1. The lowest BCUT2D eigenvalue weighted by Crippen LogP contribution is -2.27. The molecule has 0 unspecified atom stereocenters. The normalized spacial score (nSPS) is 11.1. The Morgan fingerprint density at radius 1 is 0.970 bits per heavy atom. The third kappa shape index (κ3) is 8.12. The molecule has 0 atom stereocenters. The Balaban J connectivity index is 0.000000357. The minimum Gasteiger partial charge on any atom is -0.444 e. The van der Waals surface area contributed by atoms with E-state index in [0.29, 0.717) is 0 Å². The first-order valence-electron chi connectivity index (χ1n) is 9.27. The summed E-state index contributed by atoms with van der Waals surface area (Å²) in [5, 5.41) is 2.34. The van der Waals surface area contributed by atoms with Crippen LogP contribution in [0.2, 0.25) is 0 Å². The number of nitrogens with two attached hydrogens (primary N) is 1. The van der Waals surface area contributed by atoms with Crippen LogP contribution in [0.15, 0.2) is 49.3 Å². The summed E-state index contributed by atoms with van der Waals surface area (Å²) in [6, 6.07) is 2.11. The van der Waals surface area contributed by atoms with Gasteiger partial charge in [0.1, 0.15) is 22.7 Å². The standard InChI is InChI=1S/C15H15F3N4O2.C5H5N3O/c1-14(2,3)24-13(23)22-11-8-20-10(7-21-11)12-9(15(16,17)18)5-4-6-19-12;6-5(9)4-3-7-1-2-8-4/h4-8H,1-3H3,(H,21,22,23);1-3H,(H2,6,9). The smallest absolute Gasteiger partial charge is 0.418 e. The molecule has 0 aromatic carbocycles. The van der Waals surface area contributed by atoms with Crippen molar-refractivity contribution in [2.24, 2.45) is 5.73 Å². The number of rotatable bonds is 3. The maximum absolute atomic E-state index is 13.0. The molecular formula is C20H20F3N7O3. The van der Waals surface area contributed by atoms with Crippen LogP contribution in [0, 0.1) is 0 Å². The van der Waals surface area contributed by atoms with E-state index in [0.717, 1.165) is 18.5 Å². The highest BCUT2D eigenvalue weighted by Gasteiger charge is 2.34. The van der Waals surface area contributed by atoms with E-state index in [-0.39, 0.29) is 22.9 Å². The third-order valence-electron chi connectivity index (χ3n) is 3.45. The van der Waals surface area contributed by atoms with Gasteiger partial charge in [-0.1, -0.05) is 0 Å². The second-order valence-electron chi connectivity index (χ2n) is 7.27. The molecule has 2 amide bonds. The number of carbonyl (C=O) groups excluding carboxylic acids is 2. The fourth-order valence-corrected chi connectivity index (χ4v) is 2.19. The van der Waals surface area contributed by atoms with Gasteiger partial charge in [-0.3, -0.25) is 20.1 Å². The Labute approximate surface area is 186 Å². The summed E-state index contributed by atoms with van der Waals surface area (Å²) in [4.78, 5) is 40.7. The molecule has 0 fully saturated rings. The number of hydrogen-bond donors (Lipinski definition) is 2. The largest absolute Gasteiger partial charge is 0.444 e. The van der Waals surface area contributed by atoms with Gasteiger partial charge in [-0.15, -0.1) is 0 Å². The number of alkyl halides is 3. The molecule has 0 saturated carbocycles. The zero-order chi connectivity index (χ0) is 24.6. The molecular weight excluding hydrogens is 443 g/mol. The van der Waals surface area contributed by atoms with Crippen molar-refractivity contribution in [3.05, 3.63) is 60.6 Å². The van der Waals surface area contributed by atoms with Crippen LogP contribution in [0.5, 0.6) is 0 Å². The maximum atomic E-state index is 13.0. The Hall–Kier alpha value is -4.16. The number of ether oxygens (including phenoxy) is 1. The minimum atomic E-state index is -4.56. The predicted octanol–water partition coefficient (Wildman–Crippen LogP) is 3.48. The molecule has 0 spiro atoms. The maximum Gasteiger partial charge on any atom is 0.418 e. The fourth-order valence-electron chi connectivity index (χ4n) is 2.19. The van der Waals surface area contributed by atoms with Crippen molar-refractivity contribution in [3.63, 3.8) is 0 Å². The summed E-state index contributed by atoms with van der Waals surface area (Å²) in [6.45, 7) is 5.09. The molecule has 0 aliphatic rings. The van der Waals surface area contributed by atoms with Gasteiger partial charge in [0.05, 0.1) is 24.2 Å². The van der Waals surface area contributed by atoms with E-state index in [2.05, 4.69) is 30.2 Å². The van der Waals surface area contributed by atoms with Crippen molar-refractivity contribution in [1.82, 2.24) is 24.9 Å². The first-order valence-corrected chi connectivity index (χ1v) is 9.27. The number of anilines is 1. The van der Waals surface area contributed by atoms with Crippen LogP contribution < -0.4 is 11.1 Å². The number of carbonyl (C=O) groups is 2. The minimum absolute atomic E-state index is 0.0532. The fraction of sp³-hybridized carbons (Fsp3) is 0.250. The van der Waals surface area contributed by atoms with Gasteiger partial charge in [-0.05, 0) is 32.9 Å². The molecule has 0 saturated heterocycles. The molecule has 3 N–H and O–H groups in total. The van der Waals surface area contributed by atoms with Crippen LogP contribution in [0.4, 0.5) is 23.8 Å². The van der Waals surface area contributed by atoms with Crippen LogP contribution in [0.3, 0.4) is 0 Å². The van der Waals surface area contributed by atoms with Crippen molar-refractivity contribution < 1.29 is 27.5 Å². The van der Waals surface area contributed by atoms with Crippen molar-refractivity contribution in [1.29, 1.82) is 0 Å². The molecule has 0 bridgehead atoms. The van der Waals surface area contributed by atoms with Crippen molar-refractivity contribution in [2.75, 3.05) is 5.32 Å². The van der Waals surface area contributed by atoms with Crippen LogP contribution in [-0.4, -0.2) is 42.5 Å². The molecule has 10 nitrogen and oxygen atoms in total. The van der Waals surface area contributed by atoms with E-state index < -0.39 is 29.3 Å². The number of primary amides is 1. The summed E-state index contributed by atoms with van der Waals surface area (Å²) < 4.78 is 44.0. The van der Waals surface area contributed by atoms with Crippen LogP contribution in [0.25, 0.3) is 11.4 Å². The summed E-state index contributed by atoms with van der Waals surface area (Å²) >= 11 is 0. The van der Waals surface area contributed by atoms with E-state index in [4.69, 9.17) is 10.5 Å². The van der Waals surface area contributed by atoms with Crippen molar-refractivity contribution >= 4 is 17.8 Å². The molecule has 13 heteroatoms. The predicted molar refractivity (Wildman–Crippen MR) is 111 cm³/mol. The van der Waals surface area contributed by atoms with Gasteiger partial charge in [0.25, 0.3) is 5.91 Å². The molecule has 174 valence electrons. The molecule has 0 aliphatic heterocycles. The van der Waals surface area contributed by atoms with Crippen LogP contribution in [0.1, 0.15) is 36.8 Å². The highest BCUT2D eigenvalue weighted by atomic mass is 19.4. The van der Waals surface area contributed by atoms with Crippen LogP contribution in [-0.2, 0) is 10.9 Å². The topological polar surface area (TPSA) is 146 Å². The van der Waals surface area contributed by atoms with Gasteiger partial charge in [0.2, 0.25) is 0 Å². The quantitative estimate of drug-likeness (QED) is 0.600. The first kappa shape index (κ1) is 25.1. The van der Waals surface area contributed by atoms with E-state index in [9.17, 15) is 22.8 Å². The molecule has 3 aromatic rings. The van der Waals surface area contributed by atoms with Gasteiger partial charge < -0.3 is 10.5 Å². The molecule has 3 heterocycles. The molecule has 33 heavy (non-hydrogen) atoms. The monoisotopic (exact) mass is 463 g/mol. The number of amides is 2. The zero-order valence-electron chi connectivity index (χ0n) is 17.8. The number of pyridine rings is 1. The van der Waals surface area contributed by atoms with E-state index in [1.54, 1.807) is 20.8 Å². The Kier molecular flexibility index (Phi) is 7.94. The molecule has 3 rings (SSSR count). The number of aromatic nitrogens is 5. The Morgan fingerprint density at radius 2 is 1.70 bits per heavy atom. The summed E-state index contributed by atoms with van der Waals surface area (Å²) in [7, 11) is 0. The average molecular weight is 463 g/mol. The third-order valence-corrected chi connectivity index (χ3v) is 3.45. The number of halogens is 3. The Bertz CT molecular complexity index is 1090. The summed E-state index contributed by atoms with van der Waals surface area (Å²) in [5.41, 5.74) is 3.08. The van der Waals surface area contributed by atoms with Gasteiger partial charge in [-0.25, -0.2) is 19.7 Å². The summed E-state index contributed by atoms with van der Waals surface area (Å²) in [5.74, 6) is -0.499. The van der Waals surface area contributed by atoms with Gasteiger partial charge in [0.15, 0.2) is 5.82 Å². The van der Waals surface area contributed by atoms with E-state index >= 15 is 0 Å². The van der Waals surface area contributed by atoms with Gasteiger partial charge >= 0.3 is 12.3 Å². The highest BCUT2D eigenvalue weighted by molar-refractivity contribution is 5.90. The van der Waals surface area contributed by atoms with E-state index in [1.807, 2.05) is 0 Å². The lowest BCUT2D eigenvalue weighted by molar-refractivity contribution is -0.137. The Morgan fingerprint density at radius 3 is 2.18 bits per heavy atom. The van der Waals surface area contributed by atoms with E-state index in [1.165, 1.54) is 30.9 Å². The van der Waals surface area contributed by atoms with Crippen LogP contribution >= 0.6 is 0 Å². The first-order chi connectivity index (χ1) is 15.4. The molecule has 0 radical (unpaired) electrons.